The summed E-state index contributed by atoms with van der Waals surface area (Å²) < 4.78 is 0. The maximum atomic E-state index is 2.49. The van der Waals surface area contributed by atoms with Gasteiger partial charge >= 0.3 is 0 Å². The second-order valence-electron chi connectivity index (χ2n) is 6.67. The van der Waals surface area contributed by atoms with E-state index in [-0.39, 0.29) is 0 Å². The van der Waals surface area contributed by atoms with E-state index in [1.54, 1.807) is 19.3 Å². The molecule has 0 spiro atoms. The summed E-state index contributed by atoms with van der Waals surface area (Å²) in [4.78, 5) is 0. The van der Waals surface area contributed by atoms with Crippen molar-refractivity contribution in [3.8, 4) is 0 Å². The van der Waals surface area contributed by atoms with Gasteiger partial charge in [-0.2, -0.15) is 0 Å². The molecule has 0 saturated heterocycles. The molecule has 0 N–H and O–H groups in total. The standard InChI is InChI=1S/C13H24/c1-10(5-7-12(2,3)4)13-8-6-11(13)9-13/h10-11H,5-9H2,1-4H3. The Labute approximate surface area is 83.1 Å². The molecule has 0 nitrogen and oxygen atoms in total. The molecule has 76 valence electrons. The Hall–Kier alpha value is 0. The highest BCUT2D eigenvalue weighted by atomic mass is 14.7. The van der Waals surface area contributed by atoms with Crippen molar-refractivity contribution in [1.29, 1.82) is 0 Å². The second kappa shape index (κ2) is 2.74. The topological polar surface area (TPSA) is 0 Å². The summed E-state index contributed by atoms with van der Waals surface area (Å²) in [7, 11) is 0. The summed E-state index contributed by atoms with van der Waals surface area (Å²) in [5.41, 5.74) is 1.41. The zero-order chi connectivity index (χ0) is 9.69. The van der Waals surface area contributed by atoms with Crippen LogP contribution in [0.3, 0.4) is 0 Å². The molecule has 3 unspecified atom stereocenters. The van der Waals surface area contributed by atoms with Crippen LogP contribution in [0.1, 0.15) is 59.8 Å². The molecule has 3 atom stereocenters. The highest BCUT2D eigenvalue weighted by Crippen LogP contribution is 2.72. The van der Waals surface area contributed by atoms with Crippen LogP contribution in [-0.2, 0) is 0 Å². The van der Waals surface area contributed by atoms with Gasteiger partial charge in [0.05, 0.1) is 0 Å². The molecular formula is C13H24. The third-order valence-electron chi connectivity index (χ3n) is 4.55. The first-order valence-corrected chi connectivity index (χ1v) is 5.94. The quantitative estimate of drug-likeness (QED) is 0.609. The summed E-state index contributed by atoms with van der Waals surface area (Å²) in [6.07, 6.45) is 7.52. The Morgan fingerprint density at radius 1 is 1.38 bits per heavy atom. The van der Waals surface area contributed by atoms with E-state index in [0.717, 1.165) is 17.3 Å². The first-order valence-electron chi connectivity index (χ1n) is 5.94. The van der Waals surface area contributed by atoms with Gasteiger partial charge in [0, 0.05) is 0 Å². The molecule has 0 amide bonds. The van der Waals surface area contributed by atoms with Gasteiger partial charge in [-0.15, -0.1) is 0 Å². The lowest BCUT2D eigenvalue weighted by Crippen LogP contribution is -2.24. The number of rotatable bonds is 3. The van der Waals surface area contributed by atoms with Crippen molar-refractivity contribution >= 4 is 0 Å². The van der Waals surface area contributed by atoms with Crippen LogP contribution >= 0.6 is 0 Å². The number of hydrogen-bond acceptors (Lipinski definition) is 0. The number of fused-ring (bicyclic) bond motifs is 1. The molecule has 2 fully saturated rings. The largest absolute Gasteiger partial charge is 0.0620 e. The molecule has 0 heterocycles. The fraction of sp³-hybridized carbons (Fsp3) is 1.00. The van der Waals surface area contributed by atoms with Gasteiger partial charge < -0.3 is 0 Å². The Morgan fingerprint density at radius 2 is 2.08 bits per heavy atom. The predicted octanol–water partition coefficient (Wildman–Crippen LogP) is 4.25. The fourth-order valence-electron chi connectivity index (χ4n) is 3.11. The normalized spacial score (nSPS) is 39.2. The van der Waals surface area contributed by atoms with Gasteiger partial charge in [0.25, 0.3) is 0 Å². The van der Waals surface area contributed by atoms with Crippen molar-refractivity contribution in [3.05, 3.63) is 0 Å². The Bertz CT molecular complexity index is 195. The van der Waals surface area contributed by atoms with E-state index >= 15 is 0 Å². The van der Waals surface area contributed by atoms with Crippen molar-refractivity contribution in [1.82, 2.24) is 0 Å². The van der Waals surface area contributed by atoms with Gasteiger partial charge in [-0.25, -0.2) is 0 Å². The summed E-state index contributed by atoms with van der Waals surface area (Å²) in [5, 5.41) is 0. The van der Waals surface area contributed by atoms with Gasteiger partial charge in [0.1, 0.15) is 0 Å². The molecule has 2 aliphatic rings. The molecule has 0 heteroatoms. The SMILES string of the molecule is CC(CCC(C)(C)C)C12CCC1C2. The third-order valence-corrected chi connectivity index (χ3v) is 4.55. The molecule has 0 aromatic heterocycles. The first-order chi connectivity index (χ1) is 5.94. The van der Waals surface area contributed by atoms with E-state index in [2.05, 4.69) is 27.7 Å². The van der Waals surface area contributed by atoms with Crippen molar-refractivity contribution in [3.63, 3.8) is 0 Å². The lowest BCUT2D eigenvalue weighted by atomic mass is 9.72. The molecular weight excluding hydrogens is 156 g/mol. The Morgan fingerprint density at radius 3 is 2.38 bits per heavy atom. The van der Waals surface area contributed by atoms with E-state index in [1.165, 1.54) is 12.8 Å². The average Bonchev–Trinajstić information content (AvgIpc) is 2.49. The molecule has 0 aliphatic heterocycles. The maximum absolute atomic E-state index is 2.49. The highest BCUT2D eigenvalue weighted by molar-refractivity contribution is 5.12. The van der Waals surface area contributed by atoms with Crippen molar-refractivity contribution in [2.24, 2.45) is 22.7 Å². The summed E-state index contributed by atoms with van der Waals surface area (Å²) in [6.45, 7) is 9.58. The molecule has 0 aromatic carbocycles. The van der Waals surface area contributed by atoms with Crippen molar-refractivity contribution in [2.45, 2.75) is 59.8 Å². The molecule has 2 aliphatic carbocycles. The van der Waals surface area contributed by atoms with Crippen LogP contribution in [0.5, 0.6) is 0 Å². The van der Waals surface area contributed by atoms with E-state index in [4.69, 9.17) is 0 Å². The predicted molar refractivity (Wildman–Crippen MR) is 57.6 cm³/mol. The Kier molecular flexibility index (Phi) is 2.02. The first kappa shape index (κ1) is 9.55. The zero-order valence-corrected chi connectivity index (χ0v) is 9.69. The van der Waals surface area contributed by atoms with Gasteiger partial charge in [-0.1, -0.05) is 27.7 Å². The fourth-order valence-corrected chi connectivity index (χ4v) is 3.11. The van der Waals surface area contributed by atoms with Crippen LogP contribution in [0.2, 0.25) is 0 Å². The lowest BCUT2D eigenvalue weighted by Gasteiger charge is -2.33. The van der Waals surface area contributed by atoms with Crippen molar-refractivity contribution < 1.29 is 0 Å². The number of hydrogen-bond donors (Lipinski definition) is 0. The van der Waals surface area contributed by atoms with Crippen LogP contribution in [0.15, 0.2) is 0 Å². The minimum Gasteiger partial charge on any atom is -0.0620 e. The smallest absolute Gasteiger partial charge is 0.0240 e. The van der Waals surface area contributed by atoms with Crippen LogP contribution in [0, 0.1) is 22.7 Å². The van der Waals surface area contributed by atoms with E-state index in [1.807, 2.05) is 0 Å². The zero-order valence-electron chi connectivity index (χ0n) is 9.69. The van der Waals surface area contributed by atoms with Gasteiger partial charge in [-0.3, -0.25) is 0 Å². The van der Waals surface area contributed by atoms with Gasteiger partial charge in [-0.05, 0) is 54.8 Å². The van der Waals surface area contributed by atoms with E-state index in [0.29, 0.717) is 5.41 Å². The van der Waals surface area contributed by atoms with Gasteiger partial charge in [0.15, 0.2) is 0 Å². The van der Waals surface area contributed by atoms with Crippen LogP contribution in [0.4, 0.5) is 0 Å². The lowest BCUT2D eigenvalue weighted by molar-refractivity contribution is 0.168. The molecule has 0 bridgehead atoms. The minimum atomic E-state index is 0.541. The van der Waals surface area contributed by atoms with Crippen LogP contribution in [0.25, 0.3) is 0 Å². The average molecular weight is 180 g/mol. The maximum Gasteiger partial charge on any atom is -0.0240 e. The molecule has 0 radical (unpaired) electrons. The summed E-state index contributed by atoms with van der Waals surface area (Å²) >= 11 is 0. The summed E-state index contributed by atoms with van der Waals surface area (Å²) in [6, 6.07) is 0. The van der Waals surface area contributed by atoms with Crippen LogP contribution in [-0.4, -0.2) is 0 Å². The Balaban J connectivity index is 1.77. The monoisotopic (exact) mass is 180 g/mol. The highest BCUT2D eigenvalue weighted by Gasteiger charge is 2.62. The van der Waals surface area contributed by atoms with Crippen molar-refractivity contribution in [2.75, 3.05) is 0 Å². The van der Waals surface area contributed by atoms with E-state index in [9.17, 15) is 0 Å². The molecule has 2 saturated carbocycles. The van der Waals surface area contributed by atoms with Gasteiger partial charge in [0.2, 0.25) is 0 Å². The molecule has 13 heavy (non-hydrogen) atoms. The molecule has 0 aromatic rings. The third kappa shape index (κ3) is 1.65. The van der Waals surface area contributed by atoms with Crippen LogP contribution < -0.4 is 0 Å². The van der Waals surface area contributed by atoms with E-state index < -0.39 is 0 Å². The summed E-state index contributed by atoms with van der Waals surface area (Å²) in [5.74, 6) is 2.16. The molecule has 2 rings (SSSR count). The second-order valence-corrected chi connectivity index (χ2v) is 6.67. The minimum absolute atomic E-state index is 0.541.